The van der Waals surface area contributed by atoms with Gasteiger partial charge in [0.25, 0.3) is 5.91 Å². The highest BCUT2D eigenvalue weighted by atomic mass is 19.2. The molecule has 6 rings (SSSR count). The van der Waals surface area contributed by atoms with Gasteiger partial charge in [-0.2, -0.15) is 10.2 Å². The molecule has 2 aliphatic heterocycles. The fraction of sp³-hybridized carbons (Fsp3) is 0.304. The summed E-state index contributed by atoms with van der Waals surface area (Å²) in [5.41, 5.74) is 3.89. The third-order valence-electron chi connectivity index (χ3n) is 6.71. The third kappa shape index (κ3) is 2.76. The number of rotatable bonds is 2. The van der Waals surface area contributed by atoms with Gasteiger partial charge in [-0.1, -0.05) is 0 Å². The maximum absolute atomic E-state index is 13.9. The molecule has 10 heteroatoms. The average molecular weight is 452 g/mol. The molecule has 2 bridgehead atoms. The minimum atomic E-state index is -1.50. The van der Waals surface area contributed by atoms with Crippen LogP contribution >= 0.6 is 0 Å². The summed E-state index contributed by atoms with van der Waals surface area (Å²) in [5, 5.41) is 9.05. The van der Waals surface area contributed by atoms with E-state index in [2.05, 4.69) is 15.2 Å². The molecule has 0 radical (unpaired) electrons. The van der Waals surface area contributed by atoms with E-state index >= 15 is 0 Å². The Morgan fingerprint density at radius 3 is 2.64 bits per heavy atom. The van der Waals surface area contributed by atoms with Crippen molar-refractivity contribution in [2.24, 2.45) is 7.05 Å². The second kappa shape index (κ2) is 6.90. The number of hydrogen-bond acceptors (Lipinski definition) is 4. The number of carbonyl (C=O) groups is 1. The number of benzene rings is 1. The summed E-state index contributed by atoms with van der Waals surface area (Å²) in [6, 6.07) is 3.37. The summed E-state index contributed by atoms with van der Waals surface area (Å²) < 4.78 is 44.5. The summed E-state index contributed by atoms with van der Waals surface area (Å²) >= 11 is 0. The molecule has 0 saturated carbocycles. The molecule has 0 N–H and O–H groups in total. The zero-order chi connectivity index (χ0) is 23.0. The van der Waals surface area contributed by atoms with Gasteiger partial charge in [-0.15, -0.1) is 0 Å². The maximum atomic E-state index is 13.9. The normalized spacial score (nSPS) is 19.4. The molecule has 2 aliphatic rings. The molecule has 1 amide bonds. The Bertz CT molecular complexity index is 1440. The molecule has 1 aromatic carbocycles. The van der Waals surface area contributed by atoms with E-state index in [9.17, 15) is 18.0 Å². The van der Waals surface area contributed by atoms with E-state index in [0.717, 1.165) is 30.5 Å². The summed E-state index contributed by atoms with van der Waals surface area (Å²) in [7, 11) is 1.69. The lowest BCUT2D eigenvalue weighted by molar-refractivity contribution is 0.0643. The van der Waals surface area contributed by atoms with E-state index in [0.29, 0.717) is 34.7 Å². The van der Waals surface area contributed by atoms with Gasteiger partial charge in [-0.05, 0) is 44.4 Å². The van der Waals surface area contributed by atoms with E-state index in [1.807, 2.05) is 4.90 Å². The first-order valence-electron chi connectivity index (χ1n) is 10.7. The highest BCUT2D eigenvalue weighted by Crippen LogP contribution is 2.47. The monoisotopic (exact) mass is 452 g/mol. The topological polar surface area (TPSA) is 68.3 Å². The van der Waals surface area contributed by atoms with Crippen LogP contribution in [0.25, 0.3) is 16.9 Å². The van der Waals surface area contributed by atoms with Crippen LogP contribution in [0.2, 0.25) is 0 Å². The molecule has 4 aromatic rings. The van der Waals surface area contributed by atoms with Gasteiger partial charge in [-0.3, -0.25) is 9.48 Å². The Morgan fingerprint density at radius 2 is 1.88 bits per heavy atom. The number of halogens is 3. The minimum Gasteiger partial charge on any atom is -0.326 e. The van der Waals surface area contributed by atoms with Crippen LogP contribution in [-0.4, -0.2) is 41.2 Å². The van der Waals surface area contributed by atoms with Crippen LogP contribution in [0.4, 0.5) is 13.2 Å². The van der Waals surface area contributed by atoms with E-state index < -0.39 is 17.5 Å². The van der Waals surface area contributed by atoms with Crippen molar-refractivity contribution in [3.8, 4) is 11.3 Å². The van der Waals surface area contributed by atoms with Crippen LogP contribution in [0.5, 0.6) is 0 Å². The Balaban J connectivity index is 1.44. The number of aryl methyl sites for hydroxylation is 2. The third-order valence-corrected chi connectivity index (χ3v) is 6.71. The van der Waals surface area contributed by atoms with Crippen LogP contribution < -0.4 is 0 Å². The van der Waals surface area contributed by atoms with Crippen molar-refractivity contribution in [3.63, 3.8) is 0 Å². The molecular formula is C23H19F3N6O. The lowest BCUT2D eigenvalue weighted by atomic mass is 9.94. The zero-order valence-electron chi connectivity index (χ0n) is 17.9. The molecule has 1 saturated heterocycles. The molecular weight excluding hydrogens is 433 g/mol. The highest BCUT2D eigenvalue weighted by molar-refractivity contribution is 6.01. The van der Waals surface area contributed by atoms with Crippen LogP contribution in [0.3, 0.4) is 0 Å². The van der Waals surface area contributed by atoms with Gasteiger partial charge in [-0.25, -0.2) is 22.7 Å². The zero-order valence-corrected chi connectivity index (χ0v) is 17.9. The van der Waals surface area contributed by atoms with E-state index in [1.165, 1.54) is 0 Å². The van der Waals surface area contributed by atoms with Crippen molar-refractivity contribution >= 4 is 11.6 Å². The van der Waals surface area contributed by atoms with Crippen LogP contribution in [0, 0.1) is 24.4 Å². The first-order chi connectivity index (χ1) is 15.8. The molecule has 33 heavy (non-hydrogen) atoms. The second-order valence-corrected chi connectivity index (χ2v) is 8.60. The number of amides is 1. The van der Waals surface area contributed by atoms with Crippen LogP contribution in [0.1, 0.15) is 46.2 Å². The quantitative estimate of drug-likeness (QED) is 0.435. The van der Waals surface area contributed by atoms with E-state index in [-0.39, 0.29) is 23.6 Å². The van der Waals surface area contributed by atoms with Gasteiger partial charge < -0.3 is 4.90 Å². The predicted octanol–water partition coefficient (Wildman–Crippen LogP) is 3.76. The fourth-order valence-electron chi connectivity index (χ4n) is 5.38. The summed E-state index contributed by atoms with van der Waals surface area (Å²) in [6.07, 6.45) is 5.39. The van der Waals surface area contributed by atoms with Gasteiger partial charge >= 0.3 is 0 Å². The maximum Gasteiger partial charge on any atom is 0.260 e. The smallest absolute Gasteiger partial charge is 0.260 e. The molecule has 2 atom stereocenters. The number of fused-ring (bicyclic) bond motifs is 5. The van der Waals surface area contributed by atoms with Crippen molar-refractivity contribution in [3.05, 3.63) is 70.6 Å². The lowest BCUT2D eigenvalue weighted by Gasteiger charge is -2.34. The predicted molar refractivity (Wildman–Crippen MR) is 112 cm³/mol. The molecule has 0 aliphatic carbocycles. The second-order valence-electron chi connectivity index (χ2n) is 8.60. The van der Waals surface area contributed by atoms with Crippen molar-refractivity contribution in [1.29, 1.82) is 0 Å². The van der Waals surface area contributed by atoms with Crippen LogP contribution in [0.15, 0.2) is 30.6 Å². The number of nitrogens with zero attached hydrogens (tertiary/aromatic N) is 6. The SMILES string of the molecule is Cc1nn2cccnc2c1C(=O)N1[C@@H]2CC[C@H]1c1nn(C)c(-c3cc(F)c(F)c(F)c3)c1C2. The largest absolute Gasteiger partial charge is 0.326 e. The molecule has 0 unspecified atom stereocenters. The van der Waals surface area contributed by atoms with Crippen molar-refractivity contribution in [1.82, 2.24) is 29.3 Å². The van der Waals surface area contributed by atoms with Gasteiger partial charge in [0, 0.05) is 36.6 Å². The number of hydrogen-bond donors (Lipinski definition) is 0. The van der Waals surface area contributed by atoms with Gasteiger partial charge in [0.2, 0.25) is 0 Å². The Hall–Kier alpha value is -3.69. The standard InChI is InChI=1S/C23H19F3N6O/c1-11-18(22-27-6-3-7-31(22)28-11)23(33)32-13-4-5-17(32)20-14(10-13)21(30(2)29-20)12-8-15(24)19(26)16(25)9-12/h3,6-9,13,17H,4-5,10H2,1-2H3/t13-,17+/m1/s1. The molecule has 1 fully saturated rings. The summed E-state index contributed by atoms with van der Waals surface area (Å²) in [5.74, 6) is -4.13. The van der Waals surface area contributed by atoms with Crippen LogP contribution in [-0.2, 0) is 13.5 Å². The van der Waals surface area contributed by atoms with E-state index in [4.69, 9.17) is 0 Å². The van der Waals surface area contributed by atoms with Crippen molar-refractivity contribution < 1.29 is 18.0 Å². The summed E-state index contributed by atoms with van der Waals surface area (Å²) in [4.78, 5) is 19.9. The molecule has 3 aromatic heterocycles. The number of carbonyl (C=O) groups excluding carboxylic acids is 1. The minimum absolute atomic E-state index is 0.0915. The summed E-state index contributed by atoms with van der Waals surface area (Å²) in [6.45, 7) is 1.79. The average Bonchev–Trinajstić information content (AvgIpc) is 3.41. The van der Waals surface area contributed by atoms with Gasteiger partial charge in [0.15, 0.2) is 23.1 Å². The molecule has 0 spiro atoms. The van der Waals surface area contributed by atoms with Gasteiger partial charge in [0.05, 0.1) is 23.1 Å². The van der Waals surface area contributed by atoms with E-state index in [1.54, 1.807) is 41.6 Å². The van der Waals surface area contributed by atoms with Gasteiger partial charge in [0.1, 0.15) is 5.56 Å². The highest BCUT2D eigenvalue weighted by Gasteiger charge is 2.46. The number of aromatic nitrogens is 5. The first kappa shape index (κ1) is 20.0. The molecule has 5 heterocycles. The van der Waals surface area contributed by atoms with Crippen molar-refractivity contribution in [2.75, 3.05) is 0 Å². The lowest BCUT2D eigenvalue weighted by Crippen LogP contribution is -2.42. The fourth-order valence-corrected chi connectivity index (χ4v) is 5.38. The molecule has 168 valence electrons. The van der Waals surface area contributed by atoms with Crippen molar-refractivity contribution in [2.45, 2.75) is 38.3 Å². The Labute approximate surface area is 186 Å². The Morgan fingerprint density at radius 1 is 1.12 bits per heavy atom. The Kier molecular flexibility index (Phi) is 4.17. The molecule has 7 nitrogen and oxygen atoms in total. The first-order valence-corrected chi connectivity index (χ1v) is 10.7.